The molecule has 12 aromatic rings. The van der Waals surface area contributed by atoms with Crippen molar-refractivity contribution in [1.82, 2.24) is 4.57 Å². The van der Waals surface area contributed by atoms with E-state index in [1.165, 1.54) is 93.4 Å². The lowest BCUT2D eigenvalue weighted by atomic mass is 9.85. The topological polar surface area (TPSA) is 8.17 Å². The van der Waals surface area contributed by atoms with E-state index in [2.05, 4.69) is 265 Å². The van der Waals surface area contributed by atoms with E-state index < -0.39 is 0 Å². The fourth-order valence-corrected chi connectivity index (χ4v) is 9.98. The summed E-state index contributed by atoms with van der Waals surface area (Å²) in [5, 5.41) is 7.58. The van der Waals surface area contributed by atoms with Crippen LogP contribution in [0.15, 0.2) is 249 Å². The quantitative estimate of drug-likeness (QED) is 0.139. The summed E-state index contributed by atoms with van der Waals surface area (Å²) in [6.07, 6.45) is 0. The first-order chi connectivity index (χ1) is 32.2. The number of para-hydroxylation sites is 3. The molecule has 0 aliphatic rings. The van der Waals surface area contributed by atoms with Crippen molar-refractivity contribution in [3.05, 3.63) is 254 Å². The Bertz CT molecular complexity index is 3610. The molecule has 0 atom stereocenters. The van der Waals surface area contributed by atoms with Crippen molar-refractivity contribution in [2.75, 3.05) is 4.90 Å². The second kappa shape index (κ2) is 16.0. The lowest BCUT2D eigenvalue weighted by Crippen LogP contribution is -2.10. The van der Waals surface area contributed by atoms with E-state index in [4.69, 9.17) is 0 Å². The van der Waals surface area contributed by atoms with Gasteiger partial charge < -0.3 is 9.47 Å². The molecular formula is C63H44N2. The van der Waals surface area contributed by atoms with Gasteiger partial charge in [-0.2, -0.15) is 0 Å². The average molecular weight is 829 g/mol. The molecule has 0 N–H and O–H groups in total. The molecule has 0 aliphatic carbocycles. The minimum absolute atomic E-state index is 1.10. The number of aromatic nitrogens is 1. The summed E-state index contributed by atoms with van der Waals surface area (Å²) in [5.74, 6) is 0. The summed E-state index contributed by atoms with van der Waals surface area (Å²) in [7, 11) is 0. The maximum absolute atomic E-state index is 2.37. The SMILES string of the molecule is Cc1ccc2c(-c3ccc(-c4ccccc4)cc3)c3ccccc3c(-c3ccc(-c4ccc(N(c5ccccc5)c5ccc(-n6c7ccccc7c7ccccc76)cc5)cc4)cc3)c2c1. The smallest absolute Gasteiger partial charge is 0.0541 e. The van der Waals surface area contributed by atoms with Crippen LogP contribution in [0.1, 0.15) is 5.56 Å². The van der Waals surface area contributed by atoms with Crippen molar-refractivity contribution in [3.8, 4) is 50.2 Å². The molecule has 0 saturated carbocycles. The number of nitrogens with zero attached hydrogens (tertiary/aromatic N) is 2. The molecule has 1 aromatic heterocycles. The molecule has 2 heteroatoms. The van der Waals surface area contributed by atoms with Gasteiger partial charge in [0.05, 0.1) is 11.0 Å². The normalized spacial score (nSPS) is 11.5. The summed E-state index contributed by atoms with van der Waals surface area (Å²) in [4.78, 5) is 2.34. The maximum Gasteiger partial charge on any atom is 0.0541 e. The summed E-state index contributed by atoms with van der Waals surface area (Å²) in [5.41, 5.74) is 17.9. The molecule has 0 saturated heterocycles. The maximum atomic E-state index is 2.37. The van der Waals surface area contributed by atoms with Crippen LogP contribution in [-0.2, 0) is 0 Å². The Morgan fingerprint density at radius 3 is 1.18 bits per heavy atom. The van der Waals surface area contributed by atoms with E-state index in [1.54, 1.807) is 0 Å². The van der Waals surface area contributed by atoms with Crippen LogP contribution in [0.4, 0.5) is 17.1 Å². The molecule has 0 spiro atoms. The molecule has 0 aliphatic heterocycles. The third-order valence-electron chi connectivity index (χ3n) is 13.1. The number of aryl methyl sites for hydroxylation is 1. The van der Waals surface area contributed by atoms with Crippen LogP contribution in [0.5, 0.6) is 0 Å². The zero-order chi connectivity index (χ0) is 43.3. The van der Waals surface area contributed by atoms with Gasteiger partial charge in [-0.15, -0.1) is 0 Å². The van der Waals surface area contributed by atoms with Crippen molar-refractivity contribution in [2.24, 2.45) is 0 Å². The molecular weight excluding hydrogens is 785 g/mol. The lowest BCUT2D eigenvalue weighted by Gasteiger charge is -2.26. The van der Waals surface area contributed by atoms with Crippen LogP contribution in [-0.4, -0.2) is 4.57 Å². The Kier molecular flexibility index (Phi) is 9.43. The Labute approximate surface area is 379 Å². The van der Waals surface area contributed by atoms with Crippen LogP contribution < -0.4 is 4.90 Å². The summed E-state index contributed by atoms with van der Waals surface area (Å²) in [6.45, 7) is 2.19. The van der Waals surface area contributed by atoms with Gasteiger partial charge in [-0.1, -0.05) is 194 Å². The molecule has 0 unspecified atom stereocenters. The molecule has 0 radical (unpaired) electrons. The largest absolute Gasteiger partial charge is 0.311 e. The Balaban J connectivity index is 0.886. The summed E-state index contributed by atoms with van der Waals surface area (Å²) >= 11 is 0. The molecule has 0 bridgehead atoms. The van der Waals surface area contributed by atoms with Crippen molar-refractivity contribution in [2.45, 2.75) is 6.92 Å². The molecule has 0 amide bonds. The molecule has 11 aromatic carbocycles. The van der Waals surface area contributed by atoms with Crippen molar-refractivity contribution >= 4 is 60.4 Å². The fourth-order valence-electron chi connectivity index (χ4n) is 9.98. The van der Waals surface area contributed by atoms with Crippen molar-refractivity contribution in [1.29, 1.82) is 0 Å². The number of hydrogen-bond acceptors (Lipinski definition) is 1. The number of fused-ring (bicyclic) bond motifs is 5. The van der Waals surface area contributed by atoms with Gasteiger partial charge in [0.15, 0.2) is 0 Å². The van der Waals surface area contributed by atoms with E-state index in [-0.39, 0.29) is 0 Å². The van der Waals surface area contributed by atoms with Gasteiger partial charge in [-0.25, -0.2) is 0 Å². The first-order valence-electron chi connectivity index (χ1n) is 22.4. The Morgan fingerprint density at radius 1 is 0.277 bits per heavy atom. The minimum Gasteiger partial charge on any atom is -0.311 e. The third-order valence-corrected chi connectivity index (χ3v) is 13.1. The van der Waals surface area contributed by atoms with Gasteiger partial charge in [0.2, 0.25) is 0 Å². The third kappa shape index (κ3) is 6.75. The van der Waals surface area contributed by atoms with Gasteiger partial charge in [0, 0.05) is 33.5 Å². The monoisotopic (exact) mass is 828 g/mol. The van der Waals surface area contributed by atoms with Crippen LogP contribution in [0.3, 0.4) is 0 Å². The van der Waals surface area contributed by atoms with Crippen LogP contribution >= 0.6 is 0 Å². The standard InChI is InChI=1S/C63H44N2/c1-43-24-41-58-59(42-43)63(57-21-9-8-20-56(57)62(58)48-29-25-45(26-30-48)44-14-4-2-5-15-44)49-31-27-46(28-32-49)47-33-35-51(36-34-47)64(50-16-6-3-7-17-50)52-37-39-53(40-38-52)65-60-22-12-10-18-54(60)55-19-11-13-23-61(55)65/h2-42H,1H3. The predicted octanol–water partition coefficient (Wildman–Crippen LogP) is 17.5. The molecule has 65 heavy (non-hydrogen) atoms. The van der Waals surface area contributed by atoms with Gasteiger partial charge >= 0.3 is 0 Å². The van der Waals surface area contributed by atoms with Crippen molar-refractivity contribution < 1.29 is 0 Å². The number of rotatable bonds is 8. The predicted molar refractivity (Wildman–Crippen MR) is 277 cm³/mol. The van der Waals surface area contributed by atoms with E-state index in [0.717, 1.165) is 22.7 Å². The first-order valence-corrected chi connectivity index (χ1v) is 22.4. The highest BCUT2D eigenvalue weighted by atomic mass is 15.1. The first kappa shape index (κ1) is 38.2. The second-order valence-electron chi connectivity index (χ2n) is 17.0. The zero-order valence-electron chi connectivity index (χ0n) is 36.1. The highest BCUT2D eigenvalue weighted by Gasteiger charge is 2.19. The number of anilines is 3. The Hall–Kier alpha value is -8.46. The minimum atomic E-state index is 1.10. The van der Waals surface area contributed by atoms with E-state index in [1.807, 2.05) is 0 Å². The van der Waals surface area contributed by atoms with E-state index in [0.29, 0.717) is 0 Å². The molecule has 1 heterocycles. The number of hydrogen-bond donors (Lipinski definition) is 0. The lowest BCUT2D eigenvalue weighted by molar-refractivity contribution is 1.17. The molecule has 12 rings (SSSR count). The van der Waals surface area contributed by atoms with Gasteiger partial charge in [-0.3, -0.25) is 0 Å². The summed E-state index contributed by atoms with van der Waals surface area (Å²) in [6, 6.07) is 90.6. The van der Waals surface area contributed by atoms with Crippen molar-refractivity contribution in [3.63, 3.8) is 0 Å². The second-order valence-corrected chi connectivity index (χ2v) is 17.0. The number of benzene rings is 11. The molecule has 0 fully saturated rings. The van der Waals surface area contributed by atoms with E-state index >= 15 is 0 Å². The van der Waals surface area contributed by atoms with E-state index in [9.17, 15) is 0 Å². The molecule has 2 nitrogen and oxygen atoms in total. The van der Waals surface area contributed by atoms with Crippen LogP contribution in [0.2, 0.25) is 0 Å². The van der Waals surface area contributed by atoms with Crippen LogP contribution in [0.25, 0.3) is 93.5 Å². The Morgan fingerprint density at radius 2 is 0.646 bits per heavy atom. The van der Waals surface area contributed by atoms with Gasteiger partial charge in [-0.05, 0) is 134 Å². The molecule has 306 valence electrons. The highest BCUT2D eigenvalue weighted by Crippen LogP contribution is 2.45. The van der Waals surface area contributed by atoms with Gasteiger partial charge in [0.25, 0.3) is 0 Å². The fraction of sp³-hybridized carbons (Fsp3) is 0.0159. The summed E-state index contributed by atoms with van der Waals surface area (Å²) < 4.78 is 2.37. The van der Waals surface area contributed by atoms with Gasteiger partial charge in [0.1, 0.15) is 0 Å². The van der Waals surface area contributed by atoms with Crippen LogP contribution in [0, 0.1) is 6.92 Å². The zero-order valence-corrected chi connectivity index (χ0v) is 36.1. The highest BCUT2D eigenvalue weighted by molar-refractivity contribution is 6.21. The average Bonchev–Trinajstić information content (AvgIpc) is 3.71.